The standard InChI is InChI=1S/C10H14N4O/c1-3-5-14(6-4-11)10(15)9-7-12-13(2)8-9/h7-8H,3,5-6H2,1-2H3. The summed E-state index contributed by atoms with van der Waals surface area (Å²) < 4.78 is 1.57. The van der Waals surface area contributed by atoms with Crippen LogP contribution in [0.3, 0.4) is 0 Å². The van der Waals surface area contributed by atoms with Crippen LogP contribution in [0.4, 0.5) is 0 Å². The first-order chi connectivity index (χ1) is 7.19. The molecule has 0 saturated heterocycles. The highest BCUT2D eigenvalue weighted by Gasteiger charge is 2.15. The lowest BCUT2D eigenvalue weighted by Crippen LogP contribution is -2.31. The van der Waals surface area contributed by atoms with E-state index in [2.05, 4.69) is 5.10 Å². The molecule has 0 unspecified atom stereocenters. The molecule has 1 rings (SSSR count). The fourth-order valence-electron chi connectivity index (χ4n) is 1.32. The molecular weight excluding hydrogens is 192 g/mol. The van der Waals surface area contributed by atoms with Gasteiger partial charge in [0, 0.05) is 19.8 Å². The molecule has 1 aromatic heterocycles. The summed E-state index contributed by atoms with van der Waals surface area (Å²) in [7, 11) is 1.76. The predicted octanol–water partition coefficient (Wildman–Crippen LogP) is 0.796. The Morgan fingerprint density at radius 2 is 2.47 bits per heavy atom. The molecule has 1 heterocycles. The minimum absolute atomic E-state index is 0.127. The number of nitriles is 1. The van der Waals surface area contributed by atoms with Crippen LogP contribution in [-0.4, -0.2) is 33.7 Å². The lowest BCUT2D eigenvalue weighted by Gasteiger charge is -2.17. The molecule has 5 nitrogen and oxygen atoms in total. The van der Waals surface area contributed by atoms with Crippen molar-refractivity contribution in [2.24, 2.45) is 7.05 Å². The maximum absolute atomic E-state index is 11.9. The predicted molar refractivity (Wildman–Crippen MR) is 55.0 cm³/mol. The quantitative estimate of drug-likeness (QED) is 0.684. The third-order valence-electron chi connectivity index (χ3n) is 1.99. The van der Waals surface area contributed by atoms with Crippen molar-refractivity contribution in [3.8, 4) is 6.07 Å². The largest absolute Gasteiger partial charge is 0.325 e. The summed E-state index contributed by atoms with van der Waals surface area (Å²) in [6.45, 7) is 2.70. The first kappa shape index (κ1) is 11.2. The smallest absolute Gasteiger partial charge is 0.257 e. The lowest BCUT2D eigenvalue weighted by molar-refractivity contribution is 0.0776. The zero-order valence-electron chi connectivity index (χ0n) is 8.97. The average Bonchev–Trinajstić information content (AvgIpc) is 2.63. The number of amides is 1. The van der Waals surface area contributed by atoms with Gasteiger partial charge in [-0.15, -0.1) is 0 Å². The van der Waals surface area contributed by atoms with Gasteiger partial charge in [0.05, 0.1) is 17.8 Å². The van der Waals surface area contributed by atoms with Gasteiger partial charge in [-0.2, -0.15) is 10.4 Å². The third-order valence-corrected chi connectivity index (χ3v) is 1.99. The van der Waals surface area contributed by atoms with Gasteiger partial charge >= 0.3 is 0 Å². The van der Waals surface area contributed by atoms with Gasteiger partial charge in [0.1, 0.15) is 6.54 Å². The van der Waals surface area contributed by atoms with E-state index in [-0.39, 0.29) is 12.5 Å². The molecule has 0 radical (unpaired) electrons. The number of aryl methyl sites for hydroxylation is 1. The van der Waals surface area contributed by atoms with E-state index in [0.29, 0.717) is 12.1 Å². The van der Waals surface area contributed by atoms with Gasteiger partial charge in [0.2, 0.25) is 0 Å². The number of hydrogen-bond acceptors (Lipinski definition) is 3. The van der Waals surface area contributed by atoms with Gasteiger partial charge < -0.3 is 4.90 Å². The van der Waals surface area contributed by atoms with Crippen LogP contribution in [0.1, 0.15) is 23.7 Å². The van der Waals surface area contributed by atoms with Crippen LogP contribution in [0.25, 0.3) is 0 Å². The fourth-order valence-corrected chi connectivity index (χ4v) is 1.32. The molecule has 1 aromatic rings. The average molecular weight is 206 g/mol. The Labute approximate surface area is 88.9 Å². The Morgan fingerprint density at radius 3 is 2.93 bits per heavy atom. The molecule has 1 amide bonds. The molecule has 0 spiro atoms. The van der Waals surface area contributed by atoms with Crippen molar-refractivity contribution < 1.29 is 4.79 Å². The van der Waals surface area contributed by atoms with Crippen LogP contribution in [-0.2, 0) is 7.05 Å². The van der Waals surface area contributed by atoms with Crippen molar-refractivity contribution in [2.45, 2.75) is 13.3 Å². The van der Waals surface area contributed by atoms with Crippen LogP contribution in [0.2, 0.25) is 0 Å². The second kappa shape index (κ2) is 5.15. The fraction of sp³-hybridized carbons (Fsp3) is 0.500. The van der Waals surface area contributed by atoms with Crippen LogP contribution >= 0.6 is 0 Å². The van der Waals surface area contributed by atoms with Crippen LogP contribution in [0.5, 0.6) is 0 Å². The Balaban J connectivity index is 2.76. The third kappa shape index (κ3) is 2.81. The molecular formula is C10H14N4O. The maximum Gasteiger partial charge on any atom is 0.257 e. The molecule has 0 aliphatic carbocycles. The Morgan fingerprint density at radius 1 is 1.73 bits per heavy atom. The van der Waals surface area contributed by atoms with Crippen molar-refractivity contribution >= 4 is 5.91 Å². The topological polar surface area (TPSA) is 61.9 Å². The number of carbonyl (C=O) groups is 1. The van der Waals surface area contributed by atoms with Crippen molar-refractivity contribution in [1.82, 2.24) is 14.7 Å². The van der Waals surface area contributed by atoms with Crippen LogP contribution < -0.4 is 0 Å². The molecule has 0 aliphatic heterocycles. The summed E-state index contributed by atoms with van der Waals surface area (Å²) in [5.41, 5.74) is 0.529. The van der Waals surface area contributed by atoms with Gasteiger partial charge in [-0.05, 0) is 6.42 Å². The maximum atomic E-state index is 11.9. The molecule has 0 aromatic carbocycles. The molecule has 0 fully saturated rings. The summed E-state index contributed by atoms with van der Waals surface area (Å²) in [6, 6.07) is 1.99. The number of hydrogen-bond donors (Lipinski definition) is 0. The summed E-state index contributed by atoms with van der Waals surface area (Å²) in [6.07, 6.45) is 4.01. The van der Waals surface area contributed by atoms with Gasteiger partial charge in [-0.25, -0.2) is 0 Å². The first-order valence-electron chi connectivity index (χ1n) is 4.84. The van der Waals surface area contributed by atoms with E-state index in [4.69, 9.17) is 5.26 Å². The second-order valence-electron chi connectivity index (χ2n) is 3.29. The molecule has 0 saturated carbocycles. The summed E-state index contributed by atoms with van der Waals surface area (Å²) in [5, 5.41) is 12.5. The lowest BCUT2D eigenvalue weighted by atomic mass is 10.3. The molecule has 5 heteroatoms. The zero-order valence-corrected chi connectivity index (χ0v) is 8.97. The van der Waals surface area contributed by atoms with E-state index in [1.807, 2.05) is 13.0 Å². The highest BCUT2D eigenvalue weighted by atomic mass is 16.2. The van der Waals surface area contributed by atoms with Crippen LogP contribution in [0.15, 0.2) is 12.4 Å². The van der Waals surface area contributed by atoms with Crippen molar-refractivity contribution in [3.63, 3.8) is 0 Å². The van der Waals surface area contributed by atoms with Gasteiger partial charge in [0.25, 0.3) is 5.91 Å². The van der Waals surface area contributed by atoms with Gasteiger partial charge in [0.15, 0.2) is 0 Å². The number of rotatable bonds is 4. The Bertz CT molecular complexity index is 377. The monoisotopic (exact) mass is 206 g/mol. The van der Waals surface area contributed by atoms with Gasteiger partial charge in [-0.1, -0.05) is 6.92 Å². The second-order valence-corrected chi connectivity index (χ2v) is 3.29. The number of carbonyl (C=O) groups excluding carboxylic acids is 1. The highest BCUT2D eigenvalue weighted by Crippen LogP contribution is 2.03. The summed E-state index contributed by atoms with van der Waals surface area (Å²) in [4.78, 5) is 13.4. The number of aromatic nitrogens is 2. The normalized spacial score (nSPS) is 9.67. The summed E-state index contributed by atoms with van der Waals surface area (Å²) in [5.74, 6) is -0.133. The minimum Gasteiger partial charge on any atom is -0.325 e. The molecule has 0 bridgehead atoms. The van der Waals surface area contributed by atoms with Crippen molar-refractivity contribution in [1.29, 1.82) is 5.26 Å². The number of nitrogens with zero attached hydrogens (tertiary/aromatic N) is 4. The van der Waals surface area contributed by atoms with E-state index >= 15 is 0 Å². The Hall–Kier alpha value is -1.83. The zero-order chi connectivity index (χ0) is 11.3. The minimum atomic E-state index is -0.133. The highest BCUT2D eigenvalue weighted by molar-refractivity contribution is 5.93. The molecule has 0 atom stereocenters. The van der Waals surface area contributed by atoms with Crippen LogP contribution in [0, 0.1) is 11.3 Å². The van der Waals surface area contributed by atoms with E-state index in [1.165, 1.54) is 11.1 Å². The SMILES string of the molecule is CCCN(CC#N)C(=O)c1cnn(C)c1. The van der Waals surface area contributed by atoms with E-state index in [0.717, 1.165) is 6.42 Å². The molecule has 15 heavy (non-hydrogen) atoms. The molecule has 0 aliphatic rings. The van der Waals surface area contributed by atoms with Crippen molar-refractivity contribution in [3.05, 3.63) is 18.0 Å². The molecule has 80 valence electrons. The first-order valence-corrected chi connectivity index (χ1v) is 4.84. The molecule has 0 N–H and O–H groups in total. The van der Waals surface area contributed by atoms with E-state index in [1.54, 1.807) is 17.9 Å². The van der Waals surface area contributed by atoms with Crippen molar-refractivity contribution in [2.75, 3.05) is 13.1 Å². The Kier molecular flexibility index (Phi) is 3.86. The summed E-state index contributed by atoms with van der Waals surface area (Å²) >= 11 is 0. The van der Waals surface area contributed by atoms with Gasteiger partial charge in [-0.3, -0.25) is 9.48 Å². The van der Waals surface area contributed by atoms with E-state index < -0.39 is 0 Å². The van der Waals surface area contributed by atoms with E-state index in [9.17, 15) is 4.79 Å².